The highest BCUT2D eigenvalue weighted by Crippen LogP contribution is 2.39. The van der Waals surface area contributed by atoms with Crippen LogP contribution in [0.1, 0.15) is 50.7 Å². The van der Waals surface area contributed by atoms with Gasteiger partial charge in [0.1, 0.15) is 11.6 Å². The molecule has 2 aromatic carbocycles. The van der Waals surface area contributed by atoms with E-state index in [1.54, 1.807) is 12.3 Å². The number of hydrogen-bond acceptors (Lipinski definition) is 8. The number of carbonyl (C=O) groups excluding carboxylic acids is 1. The van der Waals surface area contributed by atoms with Crippen LogP contribution in [0.15, 0.2) is 54.9 Å². The minimum Gasteiger partial charge on any atom is -0.384 e. The molecule has 0 bridgehead atoms. The zero-order valence-electron chi connectivity index (χ0n) is 26.0. The summed E-state index contributed by atoms with van der Waals surface area (Å²) in [4.78, 5) is 27.7. The lowest BCUT2D eigenvalue weighted by Crippen LogP contribution is -2.46. The SMILES string of the molecule is CN(C)CCNc1cc(F)cc(-c2cccc3[nH]c(C4NNC5CNC(c6cncc(NC(=O)C(C)(C)C)c6)CC54)nc23)c1. The minimum atomic E-state index is -0.493. The fourth-order valence-corrected chi connectivity index (χ4v) is 6.03. The molecule has 0 aliphatic carbocycles. The summed E-state index contributed by atoms with van der Waals surface area (Å²) >= 11 is 0. The number of nitrogens with zero attached hydrogens (tertiary/aromatic N) is 3. The molecule has 6 rings (SSSR count). The standard InChI is InChI=1S/C33H42FN9O/c1-33(2,3)32(44)38-23-13-20(16-35-17-23)27-15-25-28(18-37-27)41-42-30(25)31-39-26-8-6-7-24(29(26)40-31)19-11-21(34)14-22(12-19)36-9-10-43(4)5/h6-8,11-14,16-17,25,27-28,30,36-37,41-42H,9-10,15,18H2,1-5H3,(H,38,44)(H,39,40). The first kappa shape index (κ1) is 30.1. The molecule has 4 aromatic rings. The number of halogens is 1. The van der Waals surface area contributed by atoms with Crippen LogP contribution in [0, 0.1) is 17.2 Å². The van der Waals surface area contributed by atoms with Gasteiger partial charge in [-0.25, -0.2) is 14.8 Å². The number of hydrazine groups is 1. The third-order valence-electron chi connectivity index (χ3n) is 8.48. The molecule has 0 spiro atoms. The number of benzene rings is 2. The highest BCUT2D eigenvalue weighted by Gasteiger charge is 2.42. The molecular weight excluding hydrogens is 557 g/mol. The van der Waals surface area contributed by atoms with Crippen LogP contribution < -0.4 is 26.8 Å². The molecule has 232 valence electrons. The maximum Gasteiger partial charge on any atom is 0.229 e. The van der Waals surface area contributed by atoms with Gasteiger partial charge in [0.05, 0.1) is 29.0 Å². The van der Waals surface area contributed by atoms with Crippen LogP contribution in [0.25, 0.3) is 22.2 Å². The summed E-state index contributed by atoms with van der Waals surface area (Å²) in [5.41, 5.74) is 12.3. The minimum absolute atomic E-state index is 0.0441. The Labute approximate surface area is 257 Å². The van der Waals surface area contributed by atoms with Crippen LogP contribution in [0.4, 0.5) is 15.8 Å². The van der Waals surface area contributed by atoms with Crippen molar-refractivity contribution < 1.29 is 9.18 Å². The average Bonchev–Trinajstić information content (AvgIpc) is 3.60. The lowest BCUT2D eigenvalue weighted by molar-refractivity contribution is -0.123. The maximum atomic E-state index is 14.7. The number of aromatic amines is 1. The van der Waals surface area contributed by atoms with Crippen molar-refractivity contribution in [2.45, 2.75) is 45.3 Å². The number of H-pyrrole nitrogens is 1. The smallest absolute Gasteiger partial charge is 0.229 e. The summed E-state index contributed by atoms with van der Waals surface area (Å²) in [5.74, 6) is 0.763. The number of anilines is 2. The van der Waals surface area contributed by atoms with E-state index in [-0.39, 0.29) is 35.8 Å². The highest BCUT2D eigenvalue weighted by molar-refractivity contribution is 5.94. The monoisotopic (exact) mass is 599 g/mol. The van der Waals surface area contributed by atoms with Crippen molar-refractivity contribution in [3.8, 4) is 11.1 Å². The number of amides is 1. The first-order valence-electron chi connectivity index (χ1n) is 15.2. The number of fused-ring (bicyclic) bond motifs is 2. The van der Waals surface area contributed by atoms with Crippen molar-refractivity contribution in [3.63, 3.8) is 0 Å². The van der Waals surface area contributed by atoms with Gasteiger partial charge in [0, 0.05) is 60.5 Å². The first-order valence-corrected chi connectivity index (χ1v) is 15.2. The van der Waals surface area contributed by atoms with Gasteiger partial charge >= 0.3 is 0 Å². The number of piperidine rings is 1. The van der Waals surface area contributed by atoms with Crippen molar-refractivity contribution in [3.05, 3.63) is 72.1 Å². The Morgan fingerprint density at radius 3 is 2.73 bits per heavy atom. The number of rotatable bonds is 8. The third kappa shape index (κ3) is 6.46. The van der Waals surface area contributed by atoms with E-state index in [2.05, 4.69) is 41.7 Å². The van der Waals surface area contributed by atoms with Crippen molar-refractivity contribution in [2.75, 3.05) is 44.4 Å². The molecule has 4 atom stereocenters. The quantitative estimate of drug-likeness (QED) is 0.174. The van der Waals surface area contributed by atoms with Crippen molar-refractivity contribution in [2.24, 2.45) is 11.3 Å². The number of aromatic nitrogens is 3. The molecule has 2 aliphatic heterocycles. The van der Waals surface area contributed by atoms with Crippen molar-refractivity contribution >= 4 is 28.3 Å². The fraction of sp³-hybridized carbons (Fsp3) is 0.424. The number of hydrogen-bond donors (Lipinski definition) is 6. The predicted molar refractivity (Wildman–Crippen MR) is 173 cm³/mol. The van der Waals surface area contributed by atoms with Gasteiger partial charge in [-0.15, -0.1) is 0 Å². The summed E-state index contributed by atoms with van der Waals surface area (Å²) in [6.07, 6.45) is 4.41. The lowest BCUT2D eigenvalue weighted by Gasteiger charge is -2.34. The zero-order valence-corrected chi connectivity index (χ0v) is 26.0. The molecular formula is C33H42FN9O. The summed E-state index contributed by atoms with van der Waals surface area (Å²) in [6.45, 7) is 8.02. The van der Waals surface area contributed by atoms with Gasteiger partial charge in [-0.2, -0.15) is 0 Å². The Hall–Kier alpha value is -3.90. The average molecular weight is 600 g/mol. The topological polar surface area (TPSA) is 122 Å². The summed E-state index contributed by atoms with van der Waals surface area (Å²) in [6, 6.07) is 13.3. The first-order chi connectivity index (χ1) is 21.0. The second kappa shape index (κ2) is 12.2. The molecule has 2 aromatic heterocycles. The number of carbonyl (C=O) groups is 1. The Morgan fingerprint density at radius 1 is 1.09 bits per heavy atom. The molecule has 10 nitrogen and oxygen atoms in total. The van der Waals surface area contributed by atoms with Gasteiger partial charge in [0.25, 0.3) is 0 Å². The Morgan fingerprint density at radius 2 is 1.93 bits per heavy atom. The van der Waals surface area contributed by atoms with E-state index >= 15 is 0 Å². The molecule has 6 N–H and O–H groups in total. The Balaban J connectivity index is 1.23. The van der Waals surface area contributed by atoms with E-state index in [4.69, 9.17) is 4.98 Å². The van der Waals surface area contributed by atoms with Crippen LogP contribution in [0.3, 0.4) is 0 Å². The van der Waals surface area contributed by atoms with Gasteiger partial charge in [0.2, 0.25) is 5.91 Å². The van der Waals surface area contributed by atoms with Gasteiger partial charge < -0.3 is 25.8 Å². The maximum absolute atomic E-state index is 14.7. The molecule has 2 fully saturated rings. The molecule has 11 heteroatoms. The largest absolute Gasteiger partial charge is 0.384 e. The second-order valence-corrected chi connectivity index (χ2v) is 13.2. The molecule has 44 heavy (non-hydrogen) atoms. The molecule has 0 saturated carbocycles. The van der Waals surface area contributed by atoms with Gasteiger partial charge in [-0.3, -0.25) is 15.2 Å². The van der Waals surface area contributed by atoms with Gasteiger partial charge in [0.15, 0.2) is 0 Å². The van der Waals surface area contributed by atoms with Crippen LogP contribution >= 0.6 is 0 Å². The number of pyridine rings is 1. The van der Waals surface area contributed by atoms with Crippen LogP contribution in [-0.4, -0.2) is 65.5 Å². The zero-order chi connectivity index (χ0) is 31.0. The molecule has 2 saturated heterocycles. The molecule has 4 heterocycles. The van der Waals surface area contributed by atoms with Gasteiger partial charge in [-0.05, 0) is 62.0 Å². The Kier molecular flexibility index (Phi) is 8.38. The van der Waals surface area contributed by atoms with Crippen LogP contribution in [-0.2, 0) is 4.79 Å². The fourth-order valence-electron chi connectivity index (χ4n) is 6.03. The van der Waals surface area contributed by atoms with E-state index < -0.39 is 5.41 Å². The summed E-state index contributed by atoms with van der Waals surface area (Å²) in [7, 11) is 4.03. The van der Waals surface area contributed by atoms with E-state index in [9.17, 15) is 9.18 Å². The second-order valence-electron chi connectivity index (χ2n) is 13.2. The Bertz CT molecular complexity index is 1650. The number of likely N-dealkylation sites (N-methyl/N-ethyl adjacent to an activating group) is 1. The van der Waals surface area contributed by atoms with E-state index in [1.807, 2.05) is 71.4 Å². The van der Waals surface area contributed by atoms with Crippen LogP contribution in [0.2, 0.25) is 0 Å². The van der Waals surface area contributed by atoms with Crippen molar-refractivity contribution in [1.29, 1.82) is 0 Å². The molecule has 4 unspecified atom stereocenters. The van der Waals surface area contributed by atoms with Gasteiger partial charge in [-0.1, -0.05) is 32.9 Å². The summed E-state index contributed by atoms with van der Waals surface area (Å²) < 4.78 is 14.7. The van der Waals surface area contributed by atoms with Crippen LogP contribution in [0.5, 0.6) is 0 Å². The third-order valence-corrected chi connectivity index (χ3v) is 8.48. The number of imidazole rings is 1. The van der Waals surface area contributed by atoms with E-state index in [0.717, 1.165) is 65.3 Å². The molecule has 1 amide bonds. The summed E-state index contributed by atoms with van der Waals surface area (Å²) in [5, 5.41) is 9.98. The lowest BCUT2D eigenvalue weighted by atomic mass is 9.82. The molecule has 0 radical (unpaired) electrons. The highest BCUT2D eigenvalue weighted by atomic mass is 19.1. The van der Waals surface area contributed by atoms with E-state index in [0.29, 0.717) is 5.69 Å². The predicted octanol–water partition coefficient (Wildman–Crippen LogP) is 4.59. The normalized spacial score (nSPS) is 21.9. The number of para-hydroxylation sites is 1. The number of nitrogens with one attached hydrogen (secondary N) is 6. The van der Waals surface area contributed by atoms with E-state index in [1.165, 1.54) is 6.07 Å². The molecule has 2 aliphatic rings. The van der Waals surface area contributed by atoms with Crippen molar-refractivity contribution in [1.82, 2.24) is 36.0 Å².